The minimum absolute atomic E-state index is 0.00190. The van der Waals surface area contributed by atoms with Gasteiger partial charge in [-0.2, -0.15) is 0 Å². The van der Waals surface area contributed by atoms with Gasteiger partial charge in [-0.15, -0.1) is 0 Å². The summed E-state index contributed by atoms with van der Waals surface area (Å²) in [6, 6.07) is 0. The van der Waals surface area contributed by atoms with Crippen molar-refractivity contribution in [2.24, 2.45) is 0 Å². The molecule has 0 unspecified atom stereocenters. The Balaban J connectivity index is 4.10. The second-order valence-corrected chi connectivity index (χ2v) is 15.4. The fourth-order valence-corrected chi connectivity index (χ4v) is 6.96. The van der Waals surface area contributed by atoms with Crippen molar-refractivity contribution in [3.8, 4) is 0 Å². The van der Waals surface area contributed by atoms with Crippen LogP contribution in [0.5, 0.6) is 0 Å². The van der Waals surface area contributed by atoms with E-state index in [1.807, 2.05) is 0 Å². The largest absolute Gasteiger partial charge is 0.467 e. The van der Waals surface area contributed by atoms with Crippen LogP contribution in [0, 0.1) is 0 Å². The first-order chi connectivity index (χ1) is 25.6. The molecule has 0 atom stereocenters. The Morgan fingerprint density at radius 1 is 0.462 bits per heavy atom. The van der Waals surface area contributed by atoms with Crippen LogP contribution >= 0.6 is 0 Å². The normalized spacial score (nSPS) is 11.4. The predicted octanol–water partition coefficient (Wildman–Crippen LogP) is 12.8. The molecule has 7 heteroatoms. The summed E-state index contributed by atoms with van der Waals surface area (Å²) in [5, 5.41) is 0. The highest BCUT2D eigenvalue weighted by Crippen LogP contribution is 2.18. The van der Waals surface area contributed by atoms with Gasteiger partial charge in [-0.3, -0.25) is 19.3 Å². The zero-order valence-corrected chi connectivity index (χ0v) is 34.9. The van der Waals surface area contributed by atoms with Gasteiger partial charge in [-0.1, -0.05) is 162 Å². The van der Waals surface area contributed by atoms with E-state index in [-0.39, 0.29) is 18.0 Å². The van der Waals surface area contributed by atoms with Gasteiger partial charge < -0.3 is 14.2 Å². The molecule has 0 rings (SSSR count). The Bertz CT molecular complexity index is 746. The van der Waals surface area contributed by atoms with Gasteiger partial charge in [0.15, 0.2) is 0 Å². The molecule has 0 aliphatic carbocycles. The van der Waals surface area contributed by atoms with E-state index >= 15 is 0 Å². The average molecular weight is 738 g/mol. The number of rotatable bonds is 43. The number of ether oxygens (including phenoxy) is 3. The van der Waals surface area contributed by atoms with Crippen molar-refractivity contribution < 1.29 is 28.6 Å². The first-order valence-electron chi connectivity index (χ1n) is 22.7. The summed E-state index contributed by atoms with van der Waals surface area (Å²) in [7, 11) is 0. The molecule has 0 heterocycles. The lowest BCUT2D eigenvalue weighted by Gasteiger charge is -2.21. The fourth-order valence-electron chi connectivity index (χ4n) is 6.96. The number of hydrogen-bond donors (Lipinski definition) is 0. The summed E-state index contributed by atoms with van der Waals surface area (Å²) in [6.07, 6.45) is 37.9. The van der Waals surface area contributed by atoms with Gasteiger partial charge in [-0.25, -0.2) is 0 Å². The van der Waals surface area contributed by atoms with E-state index in [1.165, 1.54) is 109 Å². The van der Waals surface area contributed by atoms with E-state index in [1.54, 1.807) is 0 Å². The van der Waals surface area contributed by atoms with Crippen LogP contribution in [0.3, 0.4) is 0 Å². The quantitative estimate of drug-likeness (QED) is 0.0267. The van der Waals surface area contributed by atoms with Crippen molar-refractivity contribution in [2.45, 2.75) is 239 Å². The van der Waals surface area contributed by atoms with Crippen LogP contribution in [-0.2, 0) is 28.6 Å². The third kappa shape index (κ3) is 38.1. The maximum atomic E-state index is 12.7. The summed E-state index contributed by atoms with van der Waals surface area (Å²) in [4.78, 5) is 37.8. The summed E-state index contributed by atoms with van der Waals surface area (Å²) >= 11 is 0. The van der Waals surface area contributed by atoms with Gasteiger partial charge in [0.1, 0.15) is 12.7 Å². The van der Waals surface area contributed by atoms with E-state index in [9.17, 15) is 14.4 Å². The van der Waals surface area contributed by atoms with Gasteiger partial charge in [0.05, 0.1) is 6.61 Å². The minimum atomic E-state index is -0.0430. The zero-order valence-electron chi connectivity index (χ0n) is 34.9. The molecule has 0 aromatic heterocycles. The molecule has 0 spiro atoms. The van der Waals surface area contributed by atoms with E-state index in [2.05, 4.69) is 25.7 Å². The van der Waals surface area contributed by atoms with Gasteiger partial charge in [0.25, 0.3) is 6.47 Å². The third-order valence-electron chi connectivity index (χ3n) is 10.4. The maximum absolute atomic E-state index is 12.7. The lowest BCUT2D eigenvalue weighted by Crippen LogP contribution is -2.29. The van der Waals surface area contributed by atoms with Crippen molar-refractivity contribution >= 4 is 18.4 Å². The Hall–Kier alpha value is -1.63. The number of carbonyl (C=O) groups excluding carboxylic acids is 3. The SMILES string of the molecule is CCCCCCCCCOC(=O)CCCCCCCN(CCCCCCCC(=O)OC(CCCCCCCC)CCCCCCCC)CCOC=O. The molecule has 308 valence electrons. The Kier molecular flexibility index (Phi) is 40.8. The van der Waals surface area contributed by atoms with Crippen LogP contribution in [0.4, 0.5) is 0 Å². The molecule has 0 aromatic rings. The van der Waals surface area contributed by atoms with Crippen LogP contribution in [0.25, 0.3) is 0 Å². The van der Waals surface area contributed by atoms with E-state index in [4.69, 9.17) is 14.2 Å². The maximum Gasteiger partial charge on any atom is 0.306 e. The van der Waals surface area contributed by atoms with Crippen molar-refractivity contribution in [3.05, 3.63) is 0 Å². The van der Waals surface area contributed by atoms with Crippen LogP contribution in [-0.4, -0.2) is 62.3 Å². The molecule has 0 amide bonds. The molecular formula is C45H87NO6. The molecule has 0 fully saturated rings. The molecule has 0 aromatic carbocycles. The van der Waals surface area contributed by atoms with Crippen molar-refractivity contribution in [1.82, 2.24) is 4.90 Å². The zero-order chi connectivity index (χ0) is 38.0. The summed E-state index contributed by atoms with van der Waals surface area (Å²) < 4.78 is 16.4. The van der Waals surface area contributed by atoms with Gasteiger partial charge >= 0.3 is 11.9 Å². The second-order valence-electron chi connectivity index (χ2n) is 15.4. The minimum Gasteiger partial charge on any atom is -0.467 e. The van der Waals surface area contributed by atoms with E-state index < -0.39 is 0 Å². The van der Waals surface area contributed by atoms with Crippen LogP contribution in [0.2, 0.25) is 0 Å². The third-order valence-corrected chi connectivity index (χ3v) is 10.4. The topological polar surface area (TPSA) is 82.1 Å². The van der Waals surface area contributed by atoms with Crippen LogP contribution in [0.1, 0.15) is 233 Å². The first-order valence-corrected chi connectivity index (χ1v) is 22.7. The molecule has 0 saturated carbocycles. The molecule has 0 N–H and O–H groups in total. The molecule has 0 saturated heterocycles. The summed E-state index contributed by atoms with van der Waals surface area (Å²) in [6.45, 7) is 11.1. The first kappa shape index (κ1) is 50.4. The molecule has 52 heavy (non-hydrogen) atoms. The Labute approximate surface area is 322 Å². The number of nitrogens with zero attached hydrogens (tertiary/aromatic N) is 1. The highest BCUT2D eigenvalue weighted by molar-refractivity contribution is 5.69. The molecule has 0 aliphatic rings. The van der Waals surface area contributed by atoms with Crippen LogP contribution in [0.15, 0.2) is 0 Å². The number of esters is 2. The Morgan fingerprint density at radius 2 is 0.865 bits per heavy atom. The van der Waals surface area contributed by atoms with Gasteiger partial charge in [0, 0.05) is 19.4 Å². The number of unbranched alkanes of at least 4 members (excludes halogenated alkanes) is 24. The second kappa shape index (κ2) is 42.1. The van der Waals surface area contributed by atoms with Gasteiger partial charge in [-0.05, 0) is 70.9 Å². The fraction of sp³-hybridized carbons (Fsp3) is 0.933. The average Bonchev–Trinajstić information content (AvgIpc) is 3.14. The number of hydrogen-bond acceptors (Lipinski definition) is 7. The number of carbonyl (C=O) groups is 3. The molecule has 0 aliphatic heterocycles. The van der Waals surface area contributed by atoms with Crippen LogP contribution < -0.4 is 0 Å². The lowest BCUT2D eigenvalue weighted by atomic mass is 10.0. The molecule has 0 radical (unpaired) electrons. The Morgan fingerprint density at radius 3 is 1.35 bits per heavy atom. The van der Waals surface area contributed by atoms with Crippen molar-refractivity contribution in [2.75, 3.05) is 32.8 Å². The molecular weight excluding hydrogens is 650 g/mol. The monoisotopic (exact) mass is 738 g/mol. The van der Waals surface area contributed by atoms with E-state index in [0.717, 1.165) is 110 Å². The smallest absolute Gasteiger partial charge is 0.306 e. The lowest BCUT2D eigenvalue weighted by molar-refractivity contribution is -0.150. The highest BCUT2D eigenvalue weighted by Gasteiger charge is 2.14. The summed E-state index contributed by atoms with van der Waals surface area (Å²) in [5.41, 5.74) is 0. The van der Waals surface area contributed by atoms with E-state index in [0.29, 0.717) is 32.5 Å². The molecule has 0 bridgehead atoms. The standard InChI is InChI=1S/C45H87NO6/c1-4-7-10-13-16-25-32-40-51-44(48)35-28-21-17-23-30-37-46(39-41-50-42-47)38-31-24-18-22-29-36-45(49)52-43(33-26-19-14-11-8-5-2)34-27-20-15-12-9-6-3/h42-43H,4-41H2,1-3H3. The summed E-state index contributed by atoms with van der Waals surface area (Å²) in [5.74, 6) is -0.0411. The molecule has 7 nitrogen and oxygen atoms in total. The van der Waals surface area contributed by atoms with Gasteiger partial charge in [0.2, 0.25) is 0 Å². The highest BCUT2D eigenvalue weighted by atomic mass is 16.5. The van der Waals surface area contributed by atoms with Crippen molar-refractivity contribution in [3.63, 3.8) is 0 Å². The predicted molar refractivity (Wildman–Crippen MR) is 219 cm³/mol. The van der Waals surface area contributed by atoms with Crippen molar-refractivity contribution in [1.29, 1.82) is 0 Å².